The fourth-order valence-corrected chi connectivity index (χ4v) is 3.46. The van der Waals surface area contributed by atoms with E-state index in [2.05, 4.69) is 12.1 Å². The van der Waals surface area contributed by atoms with E-state index in [0.717, 1.165) is 5.56 Å². The summed E-state index contributed by atoms with van der Waals surface area (Å²) < 4.78 is 5.11. The molecular formula is C19H20N2O2. The van der Waals surface area contributed by atoms with Crippen molar-refractivity contribution < 1.29 is 9.53 Å². The average molecular weight is 308 g/mol. The highest BCUT2D eigenvalue weighted by Crippen LogP contribution is 2.51. The first-order chi connectivity index (χ1) is 11.1. The molecule has 1 aromatic carbocycles. The van der Waals surface area contributed by atoms with E-state index in [-0.39, 0.29) is 12.5 Å². The van der Waals surface area contributed by atoms with E-state index in [9.17, 15) is 15.3 Å². The number of ether oxygens (including phenoxy) is 1. The lowest BCUT2D eigenvalue weighted by molar-refractivity contribution is -0.139. The highest BCUT2D eigenvalue weighted by Gasteiger charge is 2.51. The lowest BCUT2D eigenvalue weighted by Gasteiger charge is -2.39. The minimum atomic E-state index is -1.26. The SMILES string of the molecule is CCOC(=O)C1=CC[C@@H](c2ccccc2)C(C#N)(C#N)[C@H]1CC. The maximum Gasteiger partial charge on any atom is 0.334 e. The number of carbonyl (C=O) groups excluding carboxylic acids is 1. The number of benzene rings is 1. The second-order valence-corrected chi connectivity index (χ2v) is 5.63. The third-order valence-electron chi connectivity index (χ3n) is 4.54. The van der Waals surface area contributed by atoms with Crippen LogP contribution in [0.5, 0.6) is 0 Å². The molecule has 4 heteroatoms. The summed E-state index contributed by atoms with van der Waals surface area (Å²) >= 11 is 0. The molecule has 0 spiro atoms. The van der Waals surface area contributed by atoms with Crippen LogP contribution >= 0.6 is 0 Å². The molecule has 1 aliphatic rings. The van der Waals surface area contributed by atoms with Crippen LogP contribution in [0.15, 0.2) is 42.0 Å². The molecule has 4 nitrogen and oxygen atoms in total. The Kier molecular flexibility index (Phi) is 5.19. The molecule has 1 aliphatic carbocycles. The van der Waals surface area contributed by atoms with E-state index in [1.807, 2.05) is 43.3 Å². The summed E-state index contributed by atoms with van der Waals surface area (Å²) in [5, 5.41) is 19.7. The number of rotatable bonds is 4. The molecule has 0 bridgehead atoms. The topological polar surface area (TPSA) is 73.9 Å². The molecule has 0 saturated heterocycles. The molecule has 0 saturated carbocycles. The first-order valence-electron chi connectivity index (χ1n) is 7.89. The zero-order valence-electron chi connectivity index (χ0n) is 13.5. The van der Waals surface area contributed by atoms with Crippen molar-refractivity contribution in [2.75, 3.05) is 6.61 Å². The van der Waals surface area contributed by atoms with E-state index >= 15 is 0 Å². The van der Waals surface area contributed by atoms with Gasteiger partial charge in [0, 0.05) is 17.4 Å². The first kappa shape index (κ1) is 16.8. The van der Waals surface area contributed by atoms with E-state index in [1.165, 1.54) is 0 Å². The molecule has 2 atom stereocenters. The number of nitriles is 2. The monoisotopic (exact) mass is 308 g/mol. The van der Waals surface area contributed by atoms with Crippen molar-refractivity contribution >= 4 is 5.97 Å². The minimum Gasteiger partial charge on any atom is -0.463 e. The molecular weight excluding hydrogens is 288 g/mol. The smallest absolute Gasteiger partial charge is 0.334 e. The van der Waals surface area contributed by atoms with Crippen LogP contribution in [0.25, 0.3) is 0 Å². The number of hydrogen-bond acceptors (Lipinski definition) is 4. The third kappa shape index (κ3) is 2.85. The highest BCUT2D eigenvalue weighted by atomic mass is 16.5. The number of carbonyl (C=O) groups is 1. The number of nitrogens with zero attached hydrogens (tertiary/aromatic N) is 2. The fourth-order valence-electron chi connectivity index (χ4n) is 3.46. The van der Waals surface area contributed by atoms with Gasteiger partial charge in [-0.05, 0) is 25.3 Å². The van der Waals surface area contributed by atoms with Crippen molar-refractivity contribution in [2.24, 2.45) is 11.3 Å². The molecule has 0 amide bonds. The molecule has 1 aromatic rings. The fraction of sp³-hybridized carbons (Fsp3) is 0.421. The Morgan fingerprint density at radius 3 is 2.43 bits per heavy atom. The van der Waals surface area contributed by atoms with Crippen molar-refractivity contribution in [1.82, 2.24) is 0 Å². The summed E-state index contributed by atoms with van der Waals surface area (Å²) in [5.74, 6) is -1.11. The Balaban J connectivity index is 2.54. The summed E-state index contributed by atoms with van der Waals surface area (Å²) in [4.78, 5) is 12.2. The van der Waals surface area contributed by atoms with E-state index < -0.39 is 17.3 Å². The third-order valence-corrected chi connectivity index (χ3v) is 4.54. The maximum atomic E-state index is 12.2. The van der Waals surface area contributed by atoms with Crippen molar-refractivity contribution in [3.63, 3.8) is 0 Å². The lowest BCUT2D eigenvalue weighted by atomic mass is 9.59. The van der Waals surface area contributed by atoms with Crippen LogP contribution in [-0.4, -0.2) is 12.6 Å². The lowest BCUT2D eigenvalue weighted by Crippen LogP contribution is -2.40. The van der Waals surface area contributed by atoms with Crippen molar-refractivity contribution in [1.29, 1.82) is 10.5 Å². The maximum absolute atomic E-state index is 12.2. The second kappa shape index (κ2) is 7.11. The Hall–Kier alpha value is -2.59. The Morgan fingerprint density at radius 2 is 1.91 bits per heavy atom. The van der Waals surface area contributed by atoms with Gasteiger partial charge in [0.05, 0.1) is 18.7 Å². The Bertz CT molecular complexity index is 666. The van der Waals surface area contributed by atoms with E-state index in [4.69, 9.17) is 4.74 Å². The first-order valence-corrected chi connectivity index (χ1v) is 7.89. The van der Waals surface area contributed by atoms with Gasteiger partial charge >= 0.3 is 5.97 Å². The Labute approximate surface area is 137 Å². The summed E-state index contributed by atoms with van der Waals surface area (Å²) in [6.07, 6.45) is 2.86. The summed E-state index contributed by atoms with van der Waals surface area (Å²) in [6.45, 7) is 3.92. The van der Waals surface area contributed by atoms with Crippen LogP contribution in [0.1, 0.15) is 38.2 Å². The Morgan fingerprint density at radius 1 is 1.26 bits per heavy atom. The summed E-state index contributed by atoms with van der Waals surface area (Å²) in [5.41, 5.74) is 0.158. The van der Waals surface area contributed by atoms with Crippen LogP contribution in [0, 0.1) is 34.0 Å². The van der Waals surface area contributed by atoms with Gasteiger partial charge in [-0.1, -0.05) is 43.3 Å². The van der Waals surface area contributed by atoms with Crippen LogP contribution in [0.4, 0.5) is 0 Å². The van der Waals surface area contributed by atoms with Crippen LogP contribution < -0.4 is 0 Å². The number of hydrogen-bond donors (Lipinski definition) is 0. The standard InChI is InChI=1S/C19H20N2O2/c1-3-16-15(18(22)23-4-2)10-11-17(19(16,12-20)13-21)14-8-6-5-7-9-14/h5-10,16-17H,3-4,11H2,1-2H3/t16-,17-/m0/s1. The normalized spacial score (nSPS) is 22.3. The van der Waals surface area contributed by atoms with Gasteiger partial charge in [0.2, 0.25) is 0 Å². The van der Waals surface area contributed by atoms with Gasteiger partial charge in [0.1, 0.15) is 0 Å². The zero-order chi connectivity index (χ0) is 16.9. The molecule has 0 unspecified atom stereocenters. The van der Waals surface area contributed by atoms with Gasteiger partial charge < -0.3 is 4.74 Å². The van der Waals surface area contributed by atoms with Gasteiger partial charge in [-0.3, -0.25) is 0 Å². The van der Waals surface area contributed by atoms with Gasteiger partial charge in [0.25, 0.3) is 0 Å². The molecule has 2 rings (SSSR count). The van der Waals surface area contributed by atoms with Crippen LogP contribution in [0.2, 0.25) is 0 Å². The molecule has 0 fully saturated rings. The second-order valence-electron chi connectivity index (χ2n) is 5.63. The predicted molar refractivity (Wildman–Crippen MR) is 86.0 cm³/mol. The molecule has 118 valence electrons. The molecule has 0 heterocycles. The van der Waals surface area contributed by atoms with Crippen molar-refractivity contribution in [3.05, 3.63) is 47.5 Å². The van der Waals surface area contributed by atoms with E-state index in [1.54, 1.807) is 6.92 Å². The summed E-state index contributed by atoms with van der Waals surface area (Å²) in [7, 11) is 0. The highest BCUT2D eigenvalue weighted by molar-refractivity contribution is 5.90. The molecule has 0 aromatic heterocycles. The van der Waals surface area contributed by atoms with Gasteiger partial charge in [-0.25, -0.2) is 4.79 Å². The zero-order valence-corrected chi connectivity index (χ0v) is 13.5. The molecule has 23 heavy (non-hydrogen) atoms. The summed E-state index contributed by atoms with van der Waals surface area (Å²) in [6, 6.07) is 14.0. The average Bonchev–Trinajstić information content (AvgIpc) is 2.61. The number of allylic oxidation sites excluding steroid dienone is 1. The van der Waals surface area contributed by atoms with Gasteiger partial charge in [-0.15, -0.1) is 0 Å². The largest absolute Gasteiger partial charge is 0.463 e. The van der Waals surface area contributed by atoms with Crippen molar-refractivity contribution in [3.8, 4) is 12.1 Å². The van der Waals surface area contributed by atoms with E-state index in [0.29, 0.717) is 18.4 Å². The quantitative estimate of drug-likeness (QED) is 0.794. The van der Waals surface area contributed by atoms with Gasteiger partial charge in [-0.2, -0.15) is 10.5 Å². The number of esters is 1. The predicted octanol–water partition coefficient (Wildman–Crippen LogP) is 3.72. The van der Waals surface area contributed by atoms with Crippen LogP contribution in [-0.2, 0) is 9.53 Å². The molecule has 0 aliphatic heterocycles. The molecule has 0 N–H and O–H groups in total. The minimum absolute atomic E-state index is 0.248. The van der Waals surface area contributed by atoms with Gasteiger partial charge in [0.15, 0.2) is 5.41 Å². The van der Waals surface area contributed by atoms with Crippen LogP contribution in [0.3, 0.4) is 0 Å². The van der Waals surface area contributed by atoms with Crippen molar-refractivity contribution in [2.45, 2.75) is 32.6 Å². The molecule has 0 radical (unpaired) electrons.